The molecule has 1 amide bonds. The van der Waals surface area contributed by atoms with E-state index in [1.165, 1.54) is 7.11 Å². The zero-order valence-electron chi connectivity index (χ0n) is 8.72. The number of halogens is 1. The third-order valence-corrected chi connectivity index (χ3v) is 3.21. The van der Waals surface area contributed by atoms with Crippen LogP contribution >= 0.6 is 22.9 Å². The van der Waals surface area contributed by atoms with Gasteiger partial charge in [-0.05, 0) is 12.1 Å². The molecule has 1 atom stereocenters. The molecule has 0 saturated carbocycles. The largest absolute Gasteiger partial charge is 0.378 e. The minimum atomic E-state index is -0.507. The molecule has 16 heavy (non-hydrogen) atoms. The molecule has 5 nitrogen and oxygen atoms in total. The minimum absolute atomic E-state index is 0.0291. The van der Waals surface area contributed by atoms with E-state index in [1.807, 2.05) is 0 Å². The SMILES string of the molecule is CO[C@H](CN)CN(O)C(=O)c1ccc(Cl)s1. The number of carbonyl (C=O) groups excluding carboxylic acids is 1. The van der Waals surface area contributed by atoms with E-state index in [1.54, 1.807) is 12.1 Å². The van der Waals surface area contributed by atoms with Crippen molar-refractivity contribution in [3.8, 4) is 0 Å². The van der Waals surface area contributed by atoms with Crippen LogP contribution in [-0.4, -0.2) is 42.5 Å². The maximum atomic E-state index is 11.7. The van der Waals surface area contributed by atoms with E-state index in [2.05, 4.69) is 0 Å². The summed E-state index contributed by atoms with van der Waals surface area (Å²) in [5.41, 5.74) is 5.38. The second kappa shape index (κ2) is 6.17. The average molecular weight is 265 g/mol. The lowest BCUT2D eigenvalue weighted by Gasteiger charge is -2.19. The maximum Gasteiger partial charge on any atom is 0.287 e. The van der Waals surface area contributed by atoms with E-state index in [0.29, 0.717) is 14.3 Å². The normalized spacial score (nSPS) is 12.5. The first kappa shape index (κ1) is 13.4. The van der Waals surface area contributed by atoms with Crippen LogP contribution in [0.5, 0.6) is 0 Å². The van der Waals surface area contributed by atoms with Gasteiger partial charge < -0.3 is 10.5 Å². The molecule has 0 saturated heterocycles. The second-order valence-electron chi connectivity index (χ2n) is 3.08. The molecule has 1 heterocycles. The number of methoxy groups -OCH3 is 1. The Hall–Kier alpha value is -0.660. The molecule has 0 fully saturated rings. The molecular weight excluding hydrogens is 252 g/mol. The van der Waals surface area contributed by atoms with Gasteiger partial charge in [-0.1, -0.05) is 11.6 Å². The first-order chi connectivity index (χ1) is 7.58. The molecule has 90 valence electrons. The molecule has 0 aliphatic rings. The molecule has 0 aliphatic carbocycles. The van der Waals surface area contributed by atoms with E-state index >= 15 is 0 Å². The Morgan fingerprint density at radius 1 is 1.75 bits per heavy atom. The zero-order chi connectivity index (χ0) is 12.1. The van der Waals surface area contributed by atoms with Crippen LogP contribution in [0, 0.1) is 0 Å². The van der Waals surface area contributed by atoms with Gasteiger partial charge in [0.1, 0.15) is 0 Å². The highest BCUT2D eigenvalue weighted by molar-refractivity contribution is 7.17. The Morgan fingerprint density at radius 2 is 2.44 bits per heavy atom. The summed E-state index contributed by atoms with van der Waals surface area (Å²) in [5.74, 6) is -0.507. The van der Waals surface area contributed by atoms with Crippen molar-refractivity contribution in [1.82, 2.24) is 5.06 Å². The lowest BCUT2D eigenvalue weighted by molar-refractivity contribution is -0.0833. The summed E-state index contributed by atoms with van der Waals surface area (Å²) in [4.78, 5) is 12.0. The molecule has 0 aromatic carbocycles. The first-order valence-electron chi connectivity index (χ1n) is 4.57. The molecule has 0 radical (unpaired) electrons. The number of amides is 1. The summed E-state index contributed by atoms with van der Waals surface area (Å²) in [7, 11) is 1.47. The van der Waals surface area contributed by atoms with Gasteiger partial charge in [-0.15, -0.1) is 11.3 Å². The van der Waals surface area contributed by atoms with E-state index < -0.39 is 5.91 Å². The van der Waals surface area contributed by atoms with E-state index in [-0.39, 0.29) is 19.2 Å². The van der Waals surface area contributed by atoms with Crippen LogP contribution in [0.4, 0.5) is 0 Å². The van der Waals surface area contributed by atoms with Crippen molar-refractivity contribution in [2.24, 2.45) is 5.73 Å². The monoisotopic (exact) mass is 264 g/mol. The third kappa shape index (κ3) is 3.43. The van der Waals surface area contributed by atoms with Crippen molar-refractivity contribution < 1.29 is 14.7 Å². The van der Waals surface area contributed by atoms with Crippen molar-refractivity contribution in [2.75, 3.05) is 20.2 Å². The van der Waals surface area contributed by atoms with Crippen molar-refractivity contribution in [1.29, 1.82) is 0 Å². The number of nitrogens with two attached hydrogens (primary N) is 1. The Kier molecular flexibility index (Phi) is 5.17. The van der Waals surface area contributed by atoms with Gasteiger partial charge in [0.15, 0.2) is 0 Å². The molecule has 0 unspecified atom stereocenters. The highest BCUT2D eigenvalue weighted by atomic mass is 35.5. The number of hydrogen-bond donors (Lipinski definition) is 2. The lowest BCUT2D eigenvalue weighted by Crippen LogP contribution is -2.39. The summed E-state index contributed by atoms with van der Waals surface area (Å²) in [6, 6.07) is 3.16. The highest BCUT2D eigenvalue weighted by Crippen LogP contribution is 2.22. The number of hydrogen-bond acceptors (Lipinski definition) is 5. The number of rotatable bonds is 5. The van der Waals surface area contributed by atoms with Gasteiger partial charge in [0.05, 0.1) is 21.9 Å². The van der Waals surface area contributed by atoms with Gasteiger partial charge in [0, 0.05) is 13.7 Å². The molecule has 0 bridgehead atoms. The second-order valence-corrected chi connectivity index (χ2v) is 4.80. The predicted molar refractivity (Wildman–Crippen MR) is 62.0 cm³/mol. The number of nitrogens with zero attached hydrogens (tertiary/aromatic N) is 1. The molecule has 3 N–H and O–H groups in total. The number of carbonyl (C=O) groups is 1. The lowest BCUT2D eigenvalue weighted by atomic mass is 10.3. The van der Waals surface area contributed by atoms with Gasteiger partial charge >= 0.3 is 0 Å². The van der Waals surface area contributed by atoms with Crippen LogP contribution in [0.2, 0.25) is 4.34 Å². The number of hydroxylamine groups is 2. The fraction of sp³-hybridized carbons (Fsp3) is 0.444. The van der Waals surface area contributed by atoms with E-state index in [4.69, 9.17) is 22.1 Å². The summed E-state index contributed by atoms with van der Waals surface area (Å²) in [5, 5.41) is 10.1. The molecular formula is C9H13ClN2O3S. The van der Waals surface area contributed by atoms with Crippen LogP contribution < -0.4 is 5.73 Å². The maximum absolute atomic E-state index is 11.7. The Balaban J connectivity index is 2.60. The Bertz CT molecular complexity index is 354. The van der Waals surface area contributed by atoms with Crippen LogP contribution in [0.1, 0.15) is 9.67 Å². The molecule has 7 heteroatoms. The van der Waals surface area contributed by atoms with Gasteiger partial charge in [0.25, 0.3) is 5.91 Å². The van der Waals surface area contributed by atoms with E-state index in [0.717, 1.165) is 11.3 Å². The van der Waals surface area contributed by atoms with Crippen molar-refractivity contribution >= 4 is 28.8 Å². The van der Waals surface area contributed by atoms with Crippen LogP contribution in [0.15, 0.2) is 12.1 Å². The summed E-state index contributed by atoms with van der Waals surface area (Å²) >= 11 is 6.80. The third-order valence-electron chi connectivity index (χ3n) is 1.99. The predicted octanol–water partition coefficient (Wildman–Crippen LogP) is 1.21. The fourth-order valence-electron chi connectivity index (χ4n) is 1.08. The van der Waals surface area contributed by atoms with Gasteiger partial charge in [-0.25, -0.2) is 5.06 Å². The van der Waals surface area contributed by atoms with Gasteiger partial charge in [-0.3, -0.25) is 10.0 Å². The Morgan fingerprint density at radius 3 is 2.88 bits per heavy atom. The summed E-state index contributed by atoms with van der Waals surface area (Å²) in [6.07, 6.45) is -0.385. The molecule has 1 aromatic heterocycles. The zero-order valence-corrected chi connectivity index (χ0v) is 10.3. The summed E-state index contributed by atoms with van der Waals surface area (Å²) < 4.78 is 5.46. The van der Waals surface area contributed by atoms with Crippen molar-refractivity contribution in [2.45, 2.75) is 6.10 Å². The molecule has 0 aliphatic heterocycles. The van der Waals surface area contributed by atoms with Gasteiger partial charge in [0.2, 0.25) is 0 Å². The molecule has 1 rings (SSSR count). The summed E-state index contributed by atoms with van der Waals surface area (Å²) in [6.45, 7) is 0.257. The van der Waals surface area contributed by atoms with Crippen molar-refractivity contribution in [3.05, 3.63) is 21.3 Å². The van der Waals surface area contributed by atoms with Gasteiger partial charge in [-0.2, -0.15) is 0 Å². The van der Waals surface area contributed by atoms with E-state index in [9.17, 15) is 10.0 Å². The van der Waals surface area contributed by atoms with Crippen molar-refractivity contribution in [3.63, 3.8) is 0 Å². The number of ether oxygens (including phenoxy) is 1. The van der Waals surface area contributed by atoms with Crippen LogP contribution in [0.25, 0.3) is 0 Å². The smallest absolute Gasteiger partial charge is 0.287 e. The topological polar surface area (TPSA) is 75.8 Å². The Labute approximate surface area is 102 Å². The quantitative estimate of drug-likeness (QED) is 0.619. The molecule has 0 spiro atoms. The highest BCUT2D eigenvalue weighted by Gasteiger charge is 2.19. The van der Waals surface area contributed by atoms with Crippen LogP contribution in [0.3, 0.4) is 0 Å². The minimum Gasteiger partial charge on any atom is -0.378 e. The first-order valence-corrected chi connectivity index (χ1v) is 5.77. The average Bonchev–Trinajstić information content (AvgIpc) is 2.71. The number of thiophene rings is 1. The van der Waals surface area contributed by atoms with Crippen LogP contribution in [-0.2, 0) is 4.74 Å². The fourth-order valence-corrected chi connectivity index (χ4v) is 2.06. The standard InChI is InChI=1S/C9H13ClN2O3S/c1-15-6(4-11)5-12(14)9(13)7-2-3-8(10)16-7/h2-3,6,14H,4-5,11H2,1H3/t6-/m1/s1. The molecule has 1 aromatic rings.